The van der Waals surface area contributed by atoms with Gasteiger partial charge in [0.15, 0.2) is 0 Å². The van der Waals surface area contributed by atoms with Crippen molar-refractivity contribution < 1.29 is 9.84 Å². The second-order valence-electron chi connectivity index (χ2n) is 3.72. The molecular formula is C10H14ClNO2. The molecule has 78 valence electrons. The Morgan fingerprint density at radius 1 is 1.57 bits per heavy atom. The molecule has 0 aromatic carbocycles. The van der Waals surface area contributed by atoms with Gasteiger partial charge in [0, 0.05) is 17.2 Å². The highest BCUT2D eigenvalue weighted by Gasteiger charge is 2.27. The molecular weight excluding hydrogens is 202 g/mol. The van der Waals surface area contributed by atoms with Crippen molar-refractivity contribution in [2.75, 3.05) is 13.7 Å². The van der Waals surface area contributed by atoms with E-state index in [0.29, 0.717) is 10.9 Å². The molecule has 1 N–H and O–H groups in total. The normalized spacial score (nSPS) is 11.5. The van der Waals surface area contributed by atoms with Gasteiger partial charge in [-0.15, -0.1) is 0 Å². The number of ether oxygens (including phenoxy) is 1. The molecule has 3 nitrogen and oxygen atoms in total. The van der Waals surface area contributed by atoms with Crippen LogP contribution < -0.4 is 4.74 Å². The first-order chi connectivity index (χ1) is 6.53. The summed E-state index contributed by atoms with van der Waals surface area (Å²) in [6.07, 6.45) is 1.58. The summed E-state index contributed by atoms with van der Waals surface area (Å²) in [6.45, 7) is 3.77. The number of aliphatic hydroxyl groups excluding tert-OH is 1. The van der Waals surface area contributed by atoms with Crippen LogP contribution in [0.25, 0.3) is 0 Å². The Morgan fingerprint density at radius 3 is 2.71 bits per heavy atom. The zero-order chi connectivity index (χ0) is 10.8. The second-order valence-corrected chi connectivity index (χ2v) is 4.13. The molecule has 0 aliphatic rings. The third-order valence-corrected chi connectivity index (χ3v) is 2.45. The van der Waals surface area contributed by atoms with E-state index in [1.807, 2.05) is 13.8 Å². The molecule has 0 fully saturated rings. The van der Waals surface area contributed by atoms with Crippen LogP contribution in [0.3, 0.4) is 0 Å². The first kappa shape index (κ1) is 11.3. The molecule has 0 saturated heterocycles. The molecule has 1 aromatic rings. The Kier molecular flexibility index (Phi) is 3.34. The highest BCUT2D eigenvalue weighted by atomic mass is 35.5. The number of nitrogens with zero attached hydrogens (tertiary/aromatic N) is 1. The fourth-order valence-corrected chi connectivity index (χ4v) is 1.66. The first-order valence-electron chi connectivity index (χ1n) is 4.32. The minimum atomic E-state index is -0.448. The summed E-state index contributed by atoms with van der Waals surface area (Å²) in [4.78, 5) is 4.05. The van der Waals surface area contributed by atoms with Crippen molar-refractivity contribution in [1.29, 1.82) is 0 Å². The summed E-state index contributed by atoms with van der Waals surface area (Å²) in [5, 5.41) is 9.82. The van der Waals surface area contributed by atoms with Crippen molar-refractivity contribution in [3.63, 3.8) is 0 Å². The van der Waals surface area contributed by atoms with E-state index in [0.717, 1.165) is 5.56 Å². The van der Waals surface area contributed by atoms with Crippen LogP contribution in [0.2, 0.25) is 5.02 Å². The summed E-state index contributed by atoms with van der Waals surface area (Å²) in [7, 11) is 1.54. The van der Waals surface area contributed by atoms with Gasteiger partial charge in [-0.2, -0.15) is 0 Å². The van der Waals surface area contributed by atoms with Crippen molar-refractivity contribution in [1.82, 2.24) is 4.98 Å². The number of hydrogen-bond acceptors (Lipinski definition) is 3. The fourth-order valence-electron chi connectivity index (χ4n) is 1.27. The van der Waals surface area contributed by atoms with Gasteiger partial charge in [-0.05, 0) is 6.07 Å². The summed E-state index contributed by atoms with van der Waals surface area (Å²) in [5.41, 5.74) is 0.295. The van der Waals surface area contributed by atoms with Crippen molar-refractivity contribution in [2.24, 2.45) is 0 Å². The maximum absolute atomic E-state index is 9.25. The number of pyridine rings is 1. The van der Waals surface area contributed by atoms with Gasteiger partial charge >= 0.3 is 0 Å². The second kappa shape index (κ2) is 4.15. The van der Waals surface area contributed by atoms with Crippen molar-refractivity contribution in [3.8, 4) is 5.88 Å². The number of hydrogen-bond donors (Lipinski definition) is 1. The van der Waals surface area contributed by atoms with Crippen LogP contribution >= 0.6 is 11.6 Å². The lowest BCUT2D eigenvalue weighted by Crippen LogP contribution is -2.23. The Balaban J connectivity index is 3.30. The summed E-state index contributed by atoms with van der Waals surface area (Å²) < 4.78 is 5.11. The van der Waals surface area contributed by atoms with E-state index in [9.17, 15) is 5.11 Å². The Labute approximate surface area is 88.7 Å². The maximum Gasteiger partial charge on any atom is 0.218 e. The standard InChI is InChI=1S/C10H14ClNO2/c1-10(2,6-13)8-7(11)4-5-12-9(8)14-3/h4-5,13H,6H2,1-3H3. The van der Waals surface area contributed by atoms with E-state index >= 15 is 0 Å². The van der Waals surface area contributed by atoms with Crippen LogP contribution in [0.5, 0.6) is 5.88 Å². The molecule has 0 amide bonds. The number of aliphatic hydroxyl groups is 1. The predicted molar refractivity (Wildman–Crippen MR) is 55.9 cm³/mol. The Hall–Kier alpha value is -0.800. The molecule has 0 atom stereocenters. The van der Waals surface area contributed by atoms with Gasteiger partial charge in [0.1, 0.15) is 0 Å². The number of methoxy groups -OCH3 is 1. The van der Waals surface area contributed by atoms with E-state index in [4.69, 9.17) is 16.3 Å². The third-order valence-electron chi connectivity index (χ3n) is 2.13. The zero-order valence-electron chi connectivity index (χ0n) is 8.54. The monoisotopic (exact) mass is 215 g/mol. The molecule has 0 bridgehead atoms. The molecule has 1 aromatic heterocycles. The highest BCUT2D eigenvalue weighted by Crippen LogP contribution is 2.35. The SMILES string of the molecule is COc1nccc(Cl)c1C(C)(C)CO. The fraction of sp³-hybridized carbons (Fsp3) is 0.500. The smallest absolute Gasteiger partial charge is 0.218 e. The van der Waals surface area contributed by atoms with E-state index in [-0.39, 0.29) is 6.61 Å². The molecule has 14 heavy (non-hydrogen) atoms. The first-order valence-corrected chi connectivity index (χ1v) is 4.70. The van der Waals surface area contributed by atoms with Crippen LogP contribution in [0.15, 0.2) is 12.3 Å². The minimum Gasteiger partial charge on any atom is -0.481 e. The average Bonchev–Trinajstić information content (AvgIpc) is 2.17. The van der Waals surface area contributed by atoms with Gasteiger partial charge in [0.2, 0.25) is 5.88 Å². The van der Waals surface area contributed by atoms with E-state index < -0.39 is 5.41 Å². The summed E-state index contributed by atoms with van der Waals surface area (Å²) >= 11 is 6.04. The van der Waals surface area contributed by atoms with Gasteiger partial charge in [0.05, 0.1) is 18.7 Å². The summed E-state index contributed by atoms with van der Waals surface area (Å²) in [5.74, 6) is 0.469. The Bertz CT molecular complexity index is 326. The van der Waals surface area contributed by atoms with Gasteiger partial charge in [-0.3, -0.25) is 0 Å². The number of rotatable bonds is 3. The molecule has 0 unspecified atom stereocenters. The molecule has 1 rings (SSSR count). The predicted octanol–water partition coefficient (Wildman–Crippen LogP) is 2.01. The van der Waals surface area contributed by atoms with E-state index in [2.05, 4.69) is 4.98 Å². The Morgan fingerprint density at radius 2 is 2.21 bits per heavy atom. The van der Waals surface area contributed by atoms with E-state index in [1.165, 1.54) is 7.11 Å². The molecule has 1 heterocycles. The molecule has 0 saturated carbocycles. The maximum atomic E-state index is 9.25. The van der Waals surface area contributed by atoms with Crippen LogP contribution in [0.4, 0.5) is 0 Å². The van der Waals surface area contributed by atoms with Crippen LogP contribution in [0, 0.1) is 0 Å². The van der Waals surface area contributed by atoms with Gasteiger partial charge in [0.25, 0.3) is 0 Å². The molecule has 0 spiro atoms. The molecule has 0 radical (unpaired) electrons. The largest absolute Gasteiger partial charge is 0.481 e. The third kappa shape index (κ3) is 1.99. The average molecular weight is 216 g/mol. The van der Waals surface area contributed by atoms with E-state index in [1.54, 1.807) is 12.3 Å². The molecule has 0 aliphatic carbocycles. The van der Waals surface area contributed by atoms with Crippen molar-refractivity contribution in [3.05, 3.63) is 22.8 Å². The number of aromatic nitrogens is 1. The highest BCUT2D eigenvalue weighted by molar-refractivity contribution is 6.31. The number of halogens is 1. The van der Waals surface area contributed by atoms with Crippen molar-refractivity contribution in [2.45, 2.75) is 19.3 Å². The van der Waals surface area contributed by atoms with Crippen molar-refractivity contribution >= 4 is 11.6 Å². The lowest BCUT2D eigenvalue weighted by Gasteiger charge is -2.24. The van der Waals surface area contributed by atoms with Gasteiger partial charge < -0.3 is 9.84 Å². The topological polar surface area (TPSA) is 42.4 Å². The van der Waals surface area contributed by atoms with Crippen LogP contribution in [-0.4, -0.2) is 23.8 Å². The lowest BCUT2D eigenvalue weighted by atomic mass is 9.86. The van der Waals surface area contributed by atoms with Gasteiger partial charge in [-0.25, -0.2) is 4.98 Å². The minimum absolute atomic E-state index is 0.00519. The van der Waals surface area contributed by atoms with Crippen LogP contribution in [-0.2, 0) is 5.41 Å². The van der Waals surface area contributed by atoms with Crippen LogP contribution in [0.1, 0.15) is 19.4 Å². The quantitative estimate of drug-likeness (QED) is 0.839. The molecule has 4 heteroatoms. The molecule has 0 aliphatic heterocycles. The zero-order valence-corrected chi connectivity index (χ0v) is 9.30. The van der Waals surface area contributed by atoms with Gasteiger partial charge in [-0.1, -0.05) is 25.4 Å². The lowest BCUT2D eigenvalue weighted by molar-refractivity contribution is 0.214. The summed E-state index contributed by atoms with van der Waals surface area (Å²) in [6, 6.07) is 1.69.